The van der Waals surface area contributed by atoms with E-state index < -0.39 is 0 Å². The molecule has 0 radical (unpaired) electrons. The number of hydrogen-bond donors (Lipinski definition) is 0. The number of ether oxygens (including phenoxy) is 1. The molecule has 2 unspecified atom stereocenters. The van der Waals surface area contributed by atoms with Crippen LogP contribution in [0.5, 0.6) is 0 Å². The number of nitrogens with zero attached hydrogens (tertiary/aromatic N) is 1. The van der Waals surface area contributed by atoms with Crippen LogP contribution in [-0.2, 0) is 9.53 Å². The Balaban J connectivity index is 2.48. The van der Waals surface area contributed by atoms with E-state index in [1.807, 2.05) is 32.0 Å². The molecule has 1 aromatic carbocycles. The predicted molar refractivity (Wildman–Crippen MR) is 52.2 cm³/mol. The zero-order valence-corrected chi connectivity index (χ0v) is 8.15. The predicted octanol–water partition coefficient (Wildman–Crippen LogP) is 2.42. The maximum absolute atomic E-state index is 10.2. The van der Waals surface area contributed by atoms with Gasteiger partial charge in [0, 0.05) is 5.56 Å². The van der Waals surface area contributed by atoms with E-state index in [2.05, 4.69) is 4.99 Å². The van der Waals surface area contributed by atoms with Crippen LogP contribution in [0, 0.1) is 6.92 Å². The van der Waals surface area contributed by atoms with Gasteiger partial charge in [-0.15, -0.1) is 0 Å². The maximum Gasteiger partial charge on any atom is 0.240 e. The van der Waals surface area contributed by atoms with Gasteiger partial charge >= 0.3 is 0 Å². The first-order valence-corrected chi connectivity index (χ1v) is 4.57. The second-order valence-electron chi connectivity index (χ2n) is 3.47. The number of epoxide rings is 1. The van der Waals surface area contributed by atoms with Gasteiger partial charge in [-0.25, -0.2) is 4.79 Å². The van der Waals surface area contributed by atoms with Gasteiger partial charge in [-0.3, -0.25) is 0 Å². The van der Waals surface area contributed by atoms with Crippen molar-refractivity contribution in [2.24, 2.45) is 4.99 Å². The van der Waals surface area contributed by atoms with Gasteiger partial charge in [0.25, 0.3) is 0 Å². The number of rotatable bonds is 2. The molecular weight excluding hydrogens is 178 g/mol. The van der Waals surface area contributed by atoms with E-state index in [1.54, 1.807) is 6.08 Å². The summed E-state index contributed by atoms with van der Waals surface area (Å²) in [5, 5.41) is 0. The average Bonchev–Trinajstić information content (AvgIpc) is 2.83. The van der Waals surface area contributed by atoms with Crippen LogP contribution < -0.4 is 0 Å². The summed E-state index contributed by atoms with van der Waals surface area (Å²) in [7, 11) is 0. The molecule has 0 N–H and O–H groups in total. The Labute approximate surface area is 82.4 Å². The molecule has 14 heavy (non-hydrogen) atoms. The molecule has 1 fully saturated rings. The Morgan fingerprint density at radius 1 is 1.50 bits per heavy atom. The van der Waals surface area contributed by atoms with Crippen molar-refractivity contribution in [2.45, 2.75) is 26.1 Å². The number of benzene rings is 1. The van der Waals surface area contributed by atoms with E-state index in [-0.39, 0.29) is 12.2 Å². The number of carbonyl (C=O) groups excluding carboxylic acids is 1. The molecule has 1 aliphatic rings. The molecule has 1 aromatic rings. The molecule has 1 saturated heterocycles. The van der Waals surface area contributed by atoms with E-state index in [1.165, 1.54) is 0 Å². The lowest BCUT2D eigenvalue weighted by molar-refractivity contribution is 0.383. The molecule has 0 aliphatic carbocycles. The van der Waals surface area contributed by atoms with Crippen LogP contribution in [-0.4, -0.2) is 12.2 Å². The fraction of sp³-hybridized carbons (Fsp3) is 0.364. The van der Waals surface area contributed by atoms with Crippen molar-refractivity contribution in [3.63, 3.8) is 0 Å². The molecule has 72 valence electrons. The van der Waals surface area contributed by atoms with Crippen LogP contribution >= 0.6 is 0 Å². The third-order valence-corrected chi connectivity index (χ3v) is 2.46. The molecule has 0 spiro atoms. The van der Waals surface area contributed by atoms with Crippen LogP contribution in [0.3, 0.4) is 0 Å². The van der Waals surface area contributed by atoms with Gasteiger partial charge in [0.05, 0.1) is 11.8 Å². The monoisotopic (exact) mass is 189 g/mol. The van der Waals surface area contributed by atoms with Crippen molar-refractivity contribution in [1.82, 2.24) is 0 Å². The number of aliphatic imine (C=N–C) groups is 1. The van der Waals surface area contributed by atoms with Crippen LogP contribution in [0.25, 0.3) is 0 Å². The van der Waals surface area contributed by atoms with Crippen LogP contribution in [0.15, 0.2) is 23.2 Å². The molecule has 0 bridgehead atoms. The highest BCUT2D eigenvalue weighted by atomic mass is 16.6. The summed E-state index contributed by atoms with van der Waals surface area (Å²) in [6.07, 6.45) is 1.90. The van der Waals surface area contributed by atoms with E-state index in [9.17, 15) is 4.79 Å². The Morgan fingerprint density at radius 2 is 2.21 bits per heavy atom. The summed E-state index contributed by atoms with van der Waals surface area (Å²) in [5.74, 6) is 0. The zero-order chi connectivity index (χ0) is 10.1. The SMILES string of the molecule is Cc1cccc(N=C=O)c1C1OC1C. The molecule has 1 aliphatic heterocycles. The molecule has 3 nitrogen and oxygen atoms in total. The first kappa shape index (κ1) is 9.13. The van der Waals surface area contributed by atoms with Gasteiger partial charge in [-0.05, 0) is 25.5 Å². The normalized spacial score (nSPS) is 24.1. The second kappa shape index (κ2) is 3.37. The van der Waals surface area contributed by atoms with Crippen molar-refractivity contribution < 1.29 is 9.53 Å². The Kier molecular flexibility index (Phi) is 2.20. The van der Waals surface area contributed by atoms with Gasteiger partial charge in [-0.1, -0.05) is 12.1 Å². The first-order valence-electron chi connectivity index (χ1n) is 4.57. The lowest BCUT2D eigenvalue weighted by atomic mass is 10.0. The highest BCUT2D eigenvalue weighted by Gasteiger charge is 2.38. The van der Waals surface area contributed by atoms with Crippen molar-refractivity contribution in [1.29, 1.82) is 0 Å². The summed E-state index contributed by atoms with van der Waals surface area (Å²) in [6, 6.07) is 5.68. The van der Waals surface area contributed by atoms with Gasteiger partial charge in [0.2, 0.25) is 6.08 Å². The second-order valence-corrected chi connectivity index (χ2v) is 3.47. The minimum atomic E-state index is 0.100. The van der Waals surface area contributed by atoms with E-state index in [0.717, 1.165) is 11.1 Å². The molecule has 0 amide bonds. The smallest absolute Gasteiger partial charge is 0.240 e. The van der Waals surface area contributed by atoms with Gasteiger partial charge < -0.3 is 4.74 Å². The van der Waals surface area contributed by atoms with Crippen molar-refractivity contribution in [2.75, 3.05) is 0 Å². The summed E-state index contributed by atoms with van der Waals surface area (Å²) in [4.78, 5) is 13.9. The van der Waals surface area contributed by atoms with E-state index in [0.29, 0.717) is 5.69 Å². The number of hydrogen-bond acceptors (Lipinski definition) is 3. The Hall–Kier alpha value is -1.44. The number of isocyanates is 1. The minimum absolute atomic E-state index is 0.100. The average molecular weight is 189 g/mol. The van der Waals surface area contributed by atoms with Crippen LogP contribution in [0.1, 0.15) is 24.2 Å². The molecule has 2 atom stereocenters. The van der Waals surface area contributed by atoms with E-state index >= 15 is 0 Å². The third-order valence-electron chi connectivity index (χ3n) is 2.46. The summed E-state index contributed by atoms with van der Waals surface area (Å²) >= 11 is 0. The maximum atomic E-state index is 10.2. The topological polar surface area (TPSA) is 42.0 Å². The molecule has 3 heteroatoms. The zero-order valence-electron chi connectivity index (χ0n) is 8.15. The molecule has 0 aromatic heterocycles. The molecule has 2 rings (SSSR count). The largest absolute Gasteiger partial charge is 0.365 e. The molecule has 0 saturated carbocycles. The molecular formula is C11H11NO2. The van der Waals surface area contributed by atoms with Crippen molar-refractivity contribution >= 4 is 11.8 Å². The summed E-state index contributed by atoms with van der Waals surface area (Å²) < 4.78 is 5.38. The number of aryl methyl sites for hydroxylation is 1. The lowest BCUT2D eigenvalue weighted by Gasteiger charge is -2.04. The Bertz CT molecular complexity index is 408. The van der Waals surface area contributed by atoms with Crippen molar-refractivity contribution in [3.8, 4) is 0 Å². The minimum Gasteiger partial charge on any atom is -0.365 e. The van der Waals surface area contributed by atoms with E-state index in [4.69, 9.17) is 4.74 Å². The Morgan fingerprint density at radius 3 is 2.79 bits per heavy atom. The van der Waals surface area contributed by atoms with Crippen molar-refractivity contribution in [3.05, 3.63) is 29.3 Å². The standard InChI is InChI=1S/C11H11NO2/c1-7-4-3-5-9(12-6-13)10(7)11-8(2)14-11/h3-5,8,11H,1-2H3. The third kappa shape index (κ3) is 1.48. The highest BCUT2D eigenvalue weighted by molar-refractivity contribution is 5.57. The van der Waals surface area contributed by atoms with Gasteiger partial charge in [0.1, 0.15) is 6.10 Å². The van der Waals surface area contributed by atoms with Gasteiger partial charge in [0.15, 0.2) is 0 Å². The summed E-state index contributed by atoms with van der Waals surface area (Å²) in [6.45, 7) is 4.00. The quantitative estimate of drug-likeness (QED) is 0.407. The lowest BCUT2D eigenvalue weighted by Crippen LogP contribution is -1.89. The van der Waals surface area contributed by atoms with Crippen LogP contribution in [0.4, 0.5) is 5.69 Å². The van der Waals surface area contributed by atoms with Gasteiger partial charge in [-0.2, -0.15) is 4.99 Å². The molecule has 1 heterocycles. The summed E-state index contributed by atoms with van der Waals surface area (Å²) in [5.41, 5.74) is 2.80. The fourth-order valence-electron chi connectivity index (χ4n) is 1.67. The fourth-order valence-corrected chi connectivity index (χ4v) is 1.67. The first-order chi connectivity index (χ1) is 6.74. The highest BCUT2D eigenvalue weighted by Crippen LogP contribution is 2.43. The van der Waals surface area contributed by atoms with Crippen LogP contribution in [0.2, 0.25) is 0 Å².